The fourth-order valence-corrected chi connectivity index (χ4v) is 7.21. The topological polar surface area (TPSA) is 61.9 Å². The van der Waals surface area contributed by atoms with Gasteiger partial charge in [0.2, 0.25) is 0 Å². The predicted octanol–water partition coefficient (Wildman–Crippen LogP) is 11.7. The van der Waals surface area contributed by atoms with Crippen LogP contribution in [-0.2, 0) is 0 Å². The maximum Gasteiger partial charge on any atom is 0.118 e. The van der Waals surface area contributed by atoms with Gasteiger partial charge in [-0.1, -0.05) is 60.7 Å². The molecule has 1 heterocycles. The van der Waals surface area contributed by atoms with Crippen LogP contribution in [0.15, 0.2) is 140 Å². The van der Waals surface area contributed by atoms with Crippen LogP contribution in [-0.4, -0.2) is 40.5 Å². The number of aromatic nitrogens is 1. The first kappa shape index (κ1) is 33.5. The molecule has 0 aliphatic carbocycles. The maximum absolute atomic E-state index is 5.59. The molecule has 53 heavy (non-hydrogen) atoms. The highest BCUT2D eigenvalue weighted by molar-refractivity contribution is 6.19. The number of rotatable bonds is 10. The smallest absolute Gasteiger partial charge is 0.118 e. The largest absolute Gasteiger partial charge is 0.497 e. The van der Waals surface area contributed by atoms with Crippen LogP contribution in [0.5, 0.6) is 28.7 Å². The lowest BCUT2D eigenvalue weighted by atomic mass is 9.85. The van der Waals surface area contributed by atoms with E-state index in [2.05, 4.69) is 83.8 Å². The molecule has 0 saturated heterocycles. The Bertz CT molecular complexity index is 2530. The van der Waals surface area contributed by atoms with Gasteiger partial charge in [0.1, 0.15) is 28.7 Å². The number of nitrogens with one attached hydrogen (secondary N) is 1. The molecule has 0 atom stereocenters. The van der Waals surface area contributed by atoms with Crippen molar-refractivity contribution < 1.29 is 23.7 Å². The summed E-state index contributed by atoms with van der Waals surface area (Å²) >= 11 is 0. The van der Waals surface area contributed by atoms with Crippen molar-refractivity contribution in [3.63, 3.8) is 0 Å². The molecule has 0 fully saturated rings. The Morgan fingerprint density at radius 3 is 1.04 bits per heavy atom. The highest BCUT2D eigenvalue weighted by atomic mass is 16.5. The molecular formula is C47H39NO5. The first-order chi connectivity index (χ1) is 26.0. The quantitative estimate of drug-likeness (QED) is 0.154. The molecule has 8 aromatic rings. The summed E-state index contributed by atoms with van der Waals surface area (Å²) in [6.45, 7) is 0. The summed E-state index contributed by atoms with van der Waals surface area (Å²) < 4.78 is 27.7. The molecule has 0 bridgehead atoms. The fourth-order valence-electron chi connectivity index (χ4n) is 7.21. The summed E-state index contributed by atoms with van der Waals surface area (Å²) in [4.78, 5) is 3.91. The average Bonchev–Trinajstić information content (AvgIpc) is 3.59. The molecule has 7 aromatic carbocycles. The molecule has 262 valence electrons. The van der Waals surface area contributed by atoms with Crippen molar-refractivity contribution >= 4 is 21.8 Å². The first-order valence-electron chi connectivity index (χ1n) is 17.4. The number of H-pyrrole nitrogens is 1. The van der Waals surface area contributed by atoms with Gasteiger partial charge in [-0.25, -0.2) is 0 Å². The van der Waals surface area contributed by atoms with Gasteiger partial charge >= 0.3 is 0 Å². The lowest BCUT2D eigenvalue weighted by Crippen LogP contribution is -1.94. The van der Waals surface area contributed by atoms with E-state index >= 15 is 0 Å². The molecule has 0 spiro atoms. The van der Waals surface area contributed by atoms with E-state index in [9.17, 15) is 0 Å². The molecule has 8 rings (SSSR count). The molecule has 0 saturated carbocycles. The zero-order chi connectivity index (χ0) is 36.5. The first-order valence-corrected chi connectivity index (χ1v) is 17.4. The van der Waals surface area contributed by atoms with Crippen LogP contribution in [0.2, 0.25) is 0 Å². The standard InChI is InChI=1S/C47H39NO5/c1-49-34-16-6-29(7-17-34)39-26-42-43-27-41(31-10-20-36(51-3)21-11-31)45(32-12-22-37(52-4)23-13-32)46(33-14-24-38(53-5)25-15-33)47(43)48-44(42)28-40(39)30-8-18-35(50-2)19-9-30/h6-28,48H,1-5H3. The van der Waals surface area contributed by atoms with Crippen LogP contribution >= 0.6 is 0 Å². The molecule has 0 amide bonds. The maximum atomic E-state index is 5.59. The van der Waals surface area contributed by atoms with E-state index < -0.39 is 0 Å². The Kier molecular flexibility index (Phi) is 8.95. The SMILES string of the molecule is COc1ccc(-c2cc3[nH]c4c(-c5ccc(OC)cc5)c(-c5ccc(OC)cc5)c(-c5ccc(OC)cc5)cc4c3cc2-c2ccc(OC)cc2)cc1. The second-order valence-electron chi connectivity index (χ2n) is 12.8. The minimum absolute atomic E-state index is 0.798. The van der Waals surface area contributed by atoms with Crippen molar-refractivity contribution in [2.75, 3.05) is 35.5 Å². The third-order valence-electron chi connectivity index (χ3n) is 10.00. The Morgan fingerprint density at radius 1 is 0.321 bits per heavy atom. The van der Waals surface area contributed by atoms with Gasteiger partial charge in [0, 0.05) is 21.9 Å². The molecule has 0 radical (unpaired) electrons. The number of hydrogen-bond donors (Lipinski definition) is 1. The summed E-state index contributed by atoms with van der Waals surface area (Å²) in [6.07, 6.45) is 0. The molecule has 6 heteroatoms. The van der Waals surface area contributed by atoms with E-state index in [4.69, 9.17) is 23.7 Å². The Morgan fingerprint density at radius 2 is 0.642 bits per heavy atom. The van der Waals surface area contributed by atoms with Crippen molar-refractivity contribution in [3.05, 3.63) is 140 Å². The van der Waals surface area contributed by atoms with Gasteiger partial charge in [0.05, 0.1) is 41.1 Å². The summed E-state index contributed by atoms with van der Waals surface area (Å²) in [5, 5.41) is 2.24. The Labute approximate surface area is 309 Å². The molecule has 1 N–H and O–H groups in total. The summed E-state index contributed by atoms with van der Waals surface area (Å²) in [7, 11) is 8.46. The van der Waals surface area contributed by atoms with Crippen LogP contribution in [0, 0.1) is 0 Å². The number of fused-ring (bicyclic) bond motifs is 3. The normalized spacial score (nSPS) is 11.1. The summed E-state index contributed by atoms with van der Waals surface area (Å²) in [5.74, 6) is 4.03. The fraction of sp³-hybridized carbons (Fsp3) is 0.106. The molecule has 6 nitrogen and oxygen atoms in total. The van der Waals surface area contributed by atoms with Crippen molar-refractivity contribution in [2.45, 2.75) is 0 Å². The van der Waals surface area contributed by atoms with Crippen molar-refractivity contribution in [1.29, 1.82) is 0 Å². The van der Waals surface area contributed by atoms with Crippen LogP contribution in [0.1, 0.15) is 0 Å². The molecule has 0 aliphatic rings. The number of ether oxygens (including phenoxy) is 5. The highest BCUT2D eigenvalue weighted by Gasteiger charge is 2.23. The van der Waals surface area contributed by atoms with Gasteiger partial charge in [-0.15, -0.1) is 0 Å². The average molecular weight is 698 g/mol. The summed E-state index contributed by atoms with van der Waals surface area (Å²) in [6, 6.07) is 48.3. The molecule has 1 aromatic heterocycles. The zero-order valence-corrected chi connectivity index (χ0v) is 30.3. The van der Waals surface area contributed by atoms with Gasteiger partial charge in [0.25, 0.3) is 0 Å². The van der Waals surface area contributed by atoms with Crippen LogP contribution in [0.3, 0.4) is 0 Å². The van der Waals surface area contributed by atoms with Gasteiger partial charge in [-0.05, 0) is 129 Å². The minimum Gasteiger partial charge on any atom is -0.497 e. The minimum atomic E-state index is 0.798. The Hall–Kier alpha value is -6.66. The summed E-state index contributed by atoms with van der Waals surface area (Å²) in [5.41, 5.74) is 13.0. The number of methoxy groups -OCH3 is 5. The van der Waals surface area contributed by atoms with E-state index in [1.165, 1.54) is 0 Å². The van der Waals surface area contributed by atoms with Crippen molar-refractivity contribution in [3.8, 4) is 84.4 Å². The third kappa shape index (κ3) is 6.19. The molecular weight excluding hydrogens is 659 g/mol. The third-order valence-corrected chi connectivity index (χ3v) is 10.00. The second-order valence-corrected chi connectivity index (χ2v) is 12.8. The molecule has 0 aliphatic heterocycles. The van der Waals surface area contributed by atoms with Crippen LogP contribution in [0.25, 0.3) is 77.4 Å². The van der Waals surface area contributed by atoms with E-state index in [-0.39, 0.29) is 0 Å². The monoisotopic (exact) mass is 697 g/mol. The number of hydrogen-bond acceptors (Lipinski definition) is 5. The van der Waals surface area contributed by atoms with Crippen molar-refractivity contribution in [1.82, 2.24) is 4.98 Å². The van der Waals surface area contributed by atoms with Gasteiger partial charge in [0.15, 0.2) is 0 Å². The van der Waals surface area contributed by atoms with E-state index in [0.29, 0.717) is 0 Å². The van der Waals surface area contributed by atoms with Gasteiger partial charge in [-0.2, -0.15) is 0 Å². The van der Waals surface area contributed by atoms with Crippen LogP contribution < -0.4 is 23.7 Å². The van der Waals surface area contributed by atoms with Gasteiger partial charge < -0.3 is 28.7 Å². The van der Waals surface area contributed by atoms with Gasteiger partial charge in [-0.3, -0.25) is 0 Å². The van der Waals surface area contributed by atoms with E-state index in [0.717, 1.165) is 106 Å². The van der Waals surface area contributed by atoms with E-state index in [1.54, 1.807) is 35.5 Å². The second kappa shape index (κ2) is 14.2. The predicted molar refractivity (Wildman–Crippen MR) is 216 cm³/mol. The Balaban J connectivity index is 1.49. The number of benzene rings is 7. The lowest BCUT2D eigenvalue weighted by Gasteiger charge is -2.19. The van der Waals surface area contributed by atoms with E-state index in [1.807, 2.05) is 60.7 Å². The highest BCUT2D eigenvalue weighted by Crippen LogP contribution is 2.48. The lowest BCUT2D eigenvalue weighted by molar-refractivity contribution is 0.414. The number of aromatic amines is 1. The van der Waals surface area contributed by atoms with Crippen LogP contribution in [0.4, 0.5) is 0 Å². The van der Waals surface area contributed by atoms with Crippen molar-refractivity contribution in [2.24, 2.45) is 0 Å². The molecule has 0 unspecified atom stereocenters. The zero-order valence-electron chi connectivity index (χ0n) is 30.3.